The van der Waals surface area contributed by atoms with E-state index in [0.29, 0.717) is 23.5 Å². The lowest BCUT2D eigenvalue weighted by Gasteiger charge is -2.57. The second-order valence-corrected chi connectivity index (χ2v) is 9.56. The van der Waals surface area contributed by atoms with E-state index in [1.807, 2.05) is 0 Å². The highest BCUT2D eigenvalue weighted by Gasteiger charge is 2.50. The molecule has 0 amide bonds. The van der Waals surface area contributed by atoms with Crippen LogP contribution >= 0.6 is 0 Å². The lowest BCUT2D eigenvalue weighted by molar-refractivity contribution is -0.0571. The molecule has 0 spiro atoms. The minimum atomic E-state index is -0.377. The maximum Gasteiger partial charge on any atom is 0.358 e. The molecule has 1 aromatic carbocycles. The normalized spacial score (nSPS) is 29.9. The summed E-state index contributed by atoms with van der Waals surface area (Å²) in [5, 5.41) is 0. The third kappa shape index (κ3) is 3.60. The number of aromatic amines is 1. The number of imidazole rings is 1. The van der Waals surface area contributed by atoms with Crippen LogP contribution in [0.15, 0.2) is 24.3 Å². The number of hydrogen-bond acceptors (Lipinski definition) is 3. The predicted octanol–water partition coefficient (Wildman–Crippen LogP) is 5.54. The molecule has 4 bridgehead atoms. The van der Waals surface area contributed by atoms with E-state index in [4.69, 9.17) is 4.74 Å². The van der Waals surface area contributed by atoms with Gasteiger partial charge in [0.05, 0.1) is 6.61 Å². The molecule has 29 heavy (non-hydrogen) atoms. The summed E-state index contributed by atoms with van der Waals surface area (Å²) in [7, 11) is 0. The maximum atomic E-state index is 13.3. The zero-order chi connectivity index (χ0) is 20.0. The van der Waals surface area contributed by atoms with Gasteiger partial charge in [0.2, 0.25) is 0 Å². The highest BCUT2D eigenvalue weighted by molar-refractivity contribution is 5.89. The lowest BCUT2D eigenvalue weighted by Crippen LogP contribution is -2.46. The Morgan fingerprint density at radius 2 is 1.76 bits per heavy atom. The Hall–Kier alpha value is -2.17. The predicted molar refractivity (Wildman–Crippen MR) is 109 cm³/mol. The molecule has 4 fully saturated rings. The van der Waals surface area contributed by atoms with Crippen molar-refractivity contribution >= 4 is 5.97 Å². The molecule has 4 aliphatic carbocycles. The molecule has 1 aromatic heterocycles. The van der Waals surface area contributed by atoms with Gasteiger partial charge in [0.1, 0.15) is 11.6 Å². The minimum Gasteiger partial charge on any atom is -0.461 e. The van der Waals surface area contributed by atoms with Crippen LogP contribution in [0, 0.1) is 29.0 Å². The molecule has 4 nitrogen and oxygen atoms in total. The van der Waals surface area contributed by atoms with Crippen LogP contribution in [0.1, 0.15) is 68.1 Å². The molecule has 0 unspecified atom stereocenters. The molecule has 0 radical (unpaired) electrons. The van der Waals surface area contributed by atoms with Gasteiger partial charge in [-0.15, -0.1) is 0 Å². The fourth-order valence-electron chi connectivity index (χ4n) is 6.69. The van der Waals surface area contributed by atoms with Crippen molar-refractivity contribution in [1.82, 2.24) is 9.97 Å². The zero-order valence-electron chi connectivity index (χ0n) is 17.0. The number of benzene rings is 1. The lowest BCUT2D eigenvalue weighted by atomic mass is 9.48. The van der Waals surface area contributed by atoms with Crippen molar-refractivity contribution in [3.63, 3.8) is 0 Å². The molecule has 6 rings (SSSR count). The van der Waals surface area contributed by atoms with Crippen molar-refractivity contribution in [2.24, 2.45) is 23.2 Å². The first kappa shape index (κ1) is 18.8. The number of halogens is 1. The second-order valence-electron chi connectivity index (χ2n) is 9.56. The second kappa shape index (κ2) is 7.26. The average Bonchev–Trinajstić information content (AvgIpc) is 3.11. The summed E-state index contributed by atoms with van der Waals surface area (Å²) in [5.41, 5.74) is 2.47. The number of H-pyrrole nitrogens is 1. The molecule has 154 valence electrons. The van der Waals surface area contributed by atoms with Gasteiger partial charge in [-0.2, -0.15) is 0 Å². The van der Waals surface area contributed by atoms with Crippen LogP contribution in [0.2, 0.25) is 0 Å². The molecule has 1 N–H and O–H groups in total. The van der Waals surface area contributed by atoms with Crippen LogP contribution in [-0.2, 0) is 11.2 Å². The number of ether oxygens (including phenoxy) is 1. The molecule has 5 heteroatoms. The maximum absolute atomic E-state index is 13.3. The van der Waals surface area contributed by atoms with Crippen molar-refractivity contribution in [2.45, 2.75) is 58.3 Å². The standard InChI is InChI=1S/C24H29FN2O2/c1-2-29-23(28)21-20(26-22(27-21)18-3-5-19(25)6-4-18)7-8-24-12-15-9-16(13-24)11-17(10-15)14-24/h3-6,15-17H,2,7-14H2,1H3,(H,26,27). The molecule has 4 aliphatic rings. The van der Waals surface area contributed by atoms with Crippen molar-refractivity contribution in [3.05, 3.63) is 41.5 Å². The highest BCUT2D eigenvalue weighted by Crippen LogP contribution is 2.61. The van der Waals surface area contributed by atoms with Gasteiger partial charge in [-0.3, -0.25) is 0 Å². The molecule has 2 aromatic rings. The molecule has 0 saturated heterocycles. The van der Waals surface area contributed by atoms with Crippen molar-refractivity contribution in [1.29, 1.82) is 0 Å². The van der Waals surface area contributed by atoms with Gasteiger partial charge in [-0.1, -0.05) is 0 Å². The first-order valence-corrected chi connectivity index (χ1v) is 11.1. The summed E-state index contributed by atoms with van der Waals surface area (Å²) in [4.78, 5) is 20.4. The quantitative estimate of drug-likeness (QED) is 0.652. The average molecular weight is 397 g/mol. The van der Waals surface area contributed by atoms with E-state index in [1.54, 1.807) is 19.1 Å². The van der Waals surface area contributed by atoms with Crippen LogP contribution < -0.4 is 0 Å². The van der Waals surface area contributed by atoms with Gasteiger partial charge >= 0.3 is 5.97 Å². The Morgan fingerprint density at radius 1 is 1.14 bits per heavy atom. The third-order valence-electron chi connectivity index (χ3n) is 7.44. The SMILES string of the molecule is CCOC(=O)c1nc(-c2ccc(F)cc2)[nH]c1CCC12CC3CC(CC(C3)C1)C2. The monoisotopic (exact) mass is 396 g/mol. The van der Waals surface area contributed by atoms with Gasteiger partial charge in [-0.05, 0) is 106 Å². The fraction of sp³-hybridized carbons (Fsp3) is 0.583. The molecular formula is C24H29FN2O2. The first-order chi connectivity index (χ1) is 14.0. The Bertz CT molecular complexity index is 867. The van der Waals surface area contributed by atoms with E-state index in [0.717, 1.165) is 41.9 Å². The molecule has 0 atom stereocenters. The Morgan fingerprint density at radius 3 is 2.34 bits per heavy atom. The van der Waals surface area contributed by atoms with E-state index in [-0.39, 0.29) is 11.8 Å². The fourth-order valence-corrected chi connectivity index (χ4v) is 6.69. The molecule has 1 heterocycles. The molecular weight excluding hydrogens is 367 g/mol. The molecule has 4 saturated carbocycles. The number of carbonyl (C=O) groups excluding carboxylic acids is 1. The number of aromatic nitrogens is 2. The van der Waals surface area contributed by atoms with E-state index in [9.17, 15) is 9.18 Å². The van der Waals surface area contributed by atoms with Gasteiger partial charge in [0.15, 0.2) is 5.69 Å². The largest absolute Gasteiger partial charge is 0.461 e. The third-order valence-corrected chi connectivity index (χ3v) is 7.44. The zero-order valence-corrected chi connectivity index (χ0v) is 17.0. The Labute approximate surface area is 171 Å². The van der Waals surface area contributed by atoms with Crippen LogP contribution in [-0.4, -0.2) is 22.5 Å². The van der Waals surface area contributed by atoms with E-state index in [1.165, 1.54) is 50.7 Å². The number of nitrogens with zero attached hydrogens (tertiary/aromatic N) is 1. The minimum absolute atomic E-state index is 0.284. The van der Waals surface area contributed by atoms with Crippen molar-refractivity contribution in [2.75, 3.05) is 6.61 Å². The van der Waals surface area contributed by atoms with E-state index >= 15 is 0 Å². The van der Waals surface area contributed by atoms with Crippen LogP contribution in [0.25, 0.3) is 11.4 Å². The van der Waals surface area contributed by atoms with E-state index < -0.39 is 0 Å². The molecule has 0 aliphatic heterocycles. The number of aryl methyl sites for hydroxylation is 1. The highest BCUT2D eigenvalue weighted by atomic mass is 19.1. The number of rotatable bonds is 6. The number of nitrogens with one attached hydrogen (secondary N) is 1. The topological polar surface area (TPSA) is 55.0 Å². The van der Waals surface area contributed by atoms with Gasteiger partial charge in [-0.25, -0.2) is 14.2 Å². The van der Waals surface area contributed by atoms with E-state index in [2.05, 4.69) is 9.97 Å². The summed E-state index contributed by atoms with van der Waals surface area (Å²) in [5.74, 6) is 2.70. The van der Waals surface area contributed by atoms with Crippen molar-refractivity contribution in [3.8, 4) is 11.4 Å². The number of carbonyl (C=O) groups is 1. The van der Waals surface area contributed by atoms with Crippen LogP contribution in [0.4, 0.5) is 4.39 Å². The summed E-state index contributed by atoms with van der Waals surface area (Å²) in [6.07, 6.45) is 10.3. The van der Waals surface area contributed by atoms with Gasteiger partial charge in [0.25, 0.3) is 0 Å². The van der Waals surface area contributed by atoms with Crippen LogP contribution in [0.5, 0.6) is 0 Å². The van der Waals surface area contributed by atoms with Gasteiger partial charge in [0, 0.05) is 11.3 Å². The summed E-state index contributed by atoms with van der Waals surface area (Å²) in [6, 6.07) is 6.20. The Kier molecular flexibility index (Phi) is 4.72. The smallest absolute Gasteiger partial charge is 0.358 e. The van der Waals surface area contributed by atoms with Crippen LogP contribution in [0.3, 0.4) is 0 Å². The number of esters is 1. The van der Waals surface area contributed by atoms with Gasteiger partial charge < -0.3 is 9.72 Å². The number of hydrogen-bond donors (Lipinski definition) is 1. The summed E-state index contributed by atoms with van der Waals surface area (Å²) in [6.45, 7) is 2.13. The van der Waals surface area contributed by atoms with Crippen molar-refractivity contribution < 1.29 is 13.9 Å². The Balaban J connectivity index is 1.39. The first-order valence-electron chi connectivity index (χ1n) is 11.1. The summed E-state index contributed by atoms with van der Waals surface area (Å²) >= 11 is 0. The summed E-state index contributed by atoms with van der Waals surface area (Å²) < 4.78 is 18.5.